The first kappa shape index (κ1) is 19.3. The van der Waals surface area contributed by atoms with Crippen LogP contribution in [0.5, 0.6) is 0 Å². The number of rotatable bonds is 8. The van der Waals surface area contributed by atoms with Gasteiger partial charge in [0, 0.05) is 12.0 Å². The molecular formula is C16H22N4O3S2. The van der Waals surface area contributed by atoms with E-state index in [1.165, 1.54) is 17.4 Å². The van der Waals surface area contributed by atoms with Crippen molar-refractivity contribution in [3.05, 3.63) is 34.3 Å². The molecule has 136 valence electrons. The second-order valence-corrected chi connectivity index (χ2v) is 8.63. The molecule has 0 aliphatic carbocycles. The number of carbonyl (C=O) groups is 1. The zero-order chi connectivity index (χ0) is 18.4. The fourth-order valence-electron chi connectivity index (χ4n) is 2.17. The van der Waals surface area contributed by atoms with Crippen LogP contribution >= 0.6 is 11.3 Å². The van der Waals surface area contributed by atoms with Gasteiger partial charge in [0.1, 0.15) is 5.01 Å². The van der Waals surface area contributed by atoms with E-state index in [-0.39, 0.29) is 5.91 Å². The predicted octanol–water partition coefficient (Wildman–Crippen LogP) is 3.20. The van der Waals surface area contributed by atoms with E-state index in [1.54, 1.807) is 19.1 Å². The SMILES string of the molecule is CCCCCc1nnc(NC(=O)c2ccc(C)c(NS(C)(=O)=O)c2)s1. The van der Waals surface area contributed by atoms with Crippen molar-refractivity contribution in [2.45, 2.75) is 39.5 Å². The van der Waals surface area contributed by atoms with Crippen LogP contribution in [0.4, 0.5) is 10.8 Å². The molecule has 2 N–H and O–H groups in total. The Bertz CT molecular complexity index is 847. The number of hydrogen-bond donors (Lipinski definition) is 2. The van der Waals surface area contributed by atoms with E-state index < -0.39 is 10.0 Å². The fourth-order valence-corrected chi connectivity index (χ4v) is 3.57. The lowest BCUT2D eigenvalue weighted by molar-refractivity contribution is 0.102. The molecule has 7 nitrogen and oxygen atoms in total. The van der Waals surface area contributed by atoms with Crippen molar-refractivity contribution in [3.8, 4) is 0 Å². The zero-order valence-electron chi connectivity index (χ0n) is 14.5. The van der Waals surface area contributed by atoms with Gasteiger partial charge in [-0.25, -0.2) is 8.42 Å². The van der Waals surface area contributed by atoms with Crippen LogP contribution in [0.15, 0.2) is 18.2 Å². The molecule has 0 radical (unpaired) electrons. The second kappa shape index (κ2) is 8.39. The lowest BCUT2D eigenvalue weighted by atomic mass is 10.1. The molecule has 2 rings (SSSR count). The van der Waals surface area contributed by atoms with Gasteiger partial charge in [-0.15, -0.1) is 10.2 Å². The van der Waals surface area contributed by atoms with Gasteiger partial charge in [-0.2, -0.15) is 0 Å². The molecule has 0 unspecified atom stereocenters. The zero-order valence-corrected chi connectivity index (χ0v) is 16.1. The number of benzene rings is 1. The number of nitrogens with zero attached hydrogens (tertiary/aromatic N) is 2. The predicted molar refractivity (Wildman–Crippen MR) is 101 cm³/mol. The van der Waals surface area contributed by atoms with E-state index in [9.17, 15) is 13.2 Å². The molecule has 25 heavy (non-hydrogen) atoms. The summed E-state index contributed by atoms with van der Waals surface area (Å²) < 4.78 is 25.2. The van der Waals surface area contributed by atoms with Gasteiger partial charge in [-0.05, 0) is 31.0 Å². The summed E-state index contributed by atoms with van der Waals surface area (Å²) in [6, 6.07) is 4.84. The lowest BCUT2D eigenvalue weighted by Gasteiger charge is -2.09. The molecule has 2 aromatic rings. The maximum Gasteiger partial charge on any atom is 0.257 e. The third kappa shape index (κ3) is 6.09. The van der Waals surface area contributed by atoms with Crippen molar-refractivity contribution < 1.29 is 13.2 Å². The van der Waals surface area contributed by atoms with Crippen LogP contribution in [0.3, 0.4) is 0 Å². The molecule has 1 aromatic carbocycles. The molecule has 0 aliphatic heterocycles. The Labute approximate surface area is 151 Å². The van der Waals surface area contributed by atoms with Crippen molar-refractivity contribution in [2.75, 3.05) is 16.3 Å². The summed E-state index contributed by atoms with van der Waals surface area (Å²) in [5.74, 6) is -0.354. The van der Waals surface area contributed by atoms with E-state index in [2.05, 4.69) is 27.2 Å². The van der Waals surface area contributed by atoms with E-state index in [4.69, 9.17) is 0 Å². The van der Waals surface area contributed by atoms with Gasteiger partial charge in [0.15, 0.2) is 0 Å². The first-order valence-electron chi connectivity index (χ1n) is 8.00. The van der Waals surface area contributed by atoms with Crippen molar-refractivity contribution in [3.63, 3.8) is 0 Å². The van der Waals surface area contributed by atoms with E-state index in [0.29, 0.717) is 16.4 Å². The summed E-state index contributed by atoms with van der Waals surface area (Å²) >= 11 is 1.36. The minimum Gasteiger partial charge on any atom is -0.296 e. The maximum absolute atomic E-state index is 12.4. The Hall–Kier alpha value is -2.00. The summed E-state index contributed by atoms with van der Waals surface area (Å²) in [5.41, 5.74) is 1.46. The Morgan fingerprint density at radius 2 is 2.00 bits per heavy atom. The van der Waals surface area contributed by atoms with Crippen molar-refractivity contribution >= 4 is 38.1 Å². The largest absolute Gasteiger partial charge is 0.296 e. The lowest BCUT2D eigenvalue weighted by Crippen LogP contribution is -2.14. The number of aromatic nitrogens is 2. The number of anilines is 2. The Balaban J connectivity index is 2.07. The number of carbonyl (C=O) groups excluding carboxylic acids is 1. The van der Waals surface area contributed by atoms with Gasteiger partial charge in [-0.1, -0.05) is 37.2 Å². The summed E-state index contributed by atoms with van der Waals surface area (Å²) in [6.07, 6.45) is 5.26. The van der Waals surface area contributed by atoms with E-state index in [0.717, 1.165) is 42.5 Å². The highest BCUT2D eigenvalue weighted by Crippen LogP contribution is 2.21. The van der Waals surface area contributed by atoms with Crippen LogP contribution < -0.4 is 10.0 Å². The number of unbranched alkanes of at least 4 members (excludes halogenated alkanes) is 2. The topological polar surface area (TPSA) is 101 Å². The summed E-state index contributed by atoms with van der Waals surface area (Å²) in [4.78, 5) is 12.4. The maximum atomic E-state index is 12.4. The standard InChI is InChI=1S/C16H22N4O3S2/c1-4-5-6-7-14-18-19-16(24-14)17-15(21)12-9-8-11(2)13(10-12)20-25(3,22)23/h8-10,20H,4-7H2,1-3H3,(H,17,19,21). The van der Waals surface area contributed by atoms with Crippen LogP contribution in [-0.4, -0.2) is 30.8 Å². The molecule has 1 heterocycles. The Kier molecular flexibility index (Phi) is 6.49. The van der Waals surface area contributed by atoms with Gasteiger partial charge in [0.05, 0.1) is 11.9 Å². The molecule has 9 heteroatoms. The highest BCUT2D eigenvalue weighted by Gasteiger charge is 2.13. The van der Waals surface area contributed by atoms with Crippen molar-refractivity contribution in [1.29, 1.82) is 0 Å². The third-order valence-corrected chi connectivity index (χ3v) is 4.97. The van der Waals surface area contributed by atoms with E-state index >= 15 is 0 Å². The Morgan fingerprint density at radius 1 is 1.24 bits per heavy atom. The number of hydrogen-bond acceptors (Lipinski definition) is 6. The van der Waals surface area contributed by atoms with Gasteiger partial charge in [0.25, 0.3) is 5.91 Å². The summed E-state index contributed by atoms with van der Waals surface area (Å²) in [7, 11) is -3.41. The fraction of sp³-hybridized carbons (Fsp3) is 0.438. The highest BCUT2D eigenvalue weighted by molar-refractivity contribution is 7.92. The highest BCUT2D eigenvalue weighted by atomic mass is 32.2. The first-order valence-corrected chi connectivity index (χ1v) is 10.7. The normalized spacial score (nSPS) is 11.3. The molecule has 0 fully saturated rings. The van der Waals surface area contributed by atoms with Crippen LogP contribution in [0.2, 0.25) is 0 Å². The number of nitrogens with one attached hydrogen (secondary N) is 2. The third-order valence-electron chi connectivity index (χ3n) is 3.48. The number of sulfonamides is 1. The van der Waals surface area contributed by atoms with Crippen LogP contribution in [0.1, 0.15) is 47.1 Å². The minimum absolute atomic E-state index is 0.347. The average molecular weight is 383 g/mol. The molecular weight excluding hydrogens is 360 g/mol. The molecule has 0 saturated carbocycles. The smallest absolute Gasteiger partial charge is 0.257 e. The monoisotopic (exact) mass is 382 g/mol. The summed E-state index contributed by atoms with van der Waals surface area (Å²) in [6.45, 7) is 3.91. The first-order chi connectivity index (χ1) is 11.8. The van der Waals surface area contributed by atoms with Crippen LogP contribution in [0, 0.1) is 6.92 Å². The number of aryl methyl sites for hydroxylation is 2. The quantitative estimate of drug-likeness (QED) is 0.683. The molecule has 0 bridgehead atoms. The molecule has 0 saturated heterocycles. The molecule has 0 spiro atoms. The van der Waals surface area contributed by atoms with Crippen molar-refractivity contribution in [1.82, 2.24) is 10.2 Å². The summed E-state index contributed by atoms with van der Waals surface area (Å²) in [5, 5.41) is 12.1. The van der Waals surface area contributed by atoms with Crippen molar-refractivity contribution in [2.24, 2.45) is 0 Å². The molecule has 0 atom stereocenters. The van der Waals surface area contributed by atoms with Crippen LogP contribution in [-0.2, 0) is 16.4 Å². The molecule has 1 amide bonds. The van der Waals surface area contributed by atoms with Gasteiger partial charge in [0.2, 0.25) is 15.2 Å². The van der Waals surface area contributed by atoms with E-state index in [1.807, 2.05) is 0 Å². The second-order valence-electron chi connectivity index (χ2n) is 5.82. The number of amides is 1. The van der Waals surface area contributed by atoms with Gasteiger partial charge >= 0.3 is 0 Å². The van der Waals surface area contributed by atoms with Gasteiger partial charge in [-0.3, -0.25) is 14.8 Å². The van der Waals surface area contributed by atoms with Crippen LogP contribution in [0.25, 0.3) is 0 Å². The minimum atomic E-state index is -3.41. The Morgan fingerprint density at radius 3 is 2.68 bits per heavy atom. The molecule has 1 aromatic heterocycles. The van der Waals surface area contributed by atoms with Gasteiger partial charge < -0.3 is 0 Å². The average Bonchev–Trinajstić information content (AvgIpc) is 2.96. The molecule has 0 aliphatic rings.